The fraction of sp³-hybridized carbons (Fsp3) is 0.259. The normalized spacial score (nSPS) is 19.2. The van der Waals surface area contributed by atoms with Crippen molar-refractivity contribution in [3.05, 3.63) is 89.5 Å². The molecule has 5 rings (SSSR count). The van der Waals surface area contributed by atoms with E-state index in [1.165, 1.54) is 5.56 Å². The fourth-order valence-electron chi connectivity index (χ4n) is 4.91. The van der Waals surface area contributed by atoms with Crippen molar-refractivity contribution in [1.29, 1.82) is 0 Å². The first kappa shape index (κ1) is 23.1. The lowest BCUT2D eigenvalue weighted by molar-refractivity contribution is -0.126. The van der Waals surface area contributed by atoms with Crippen LogP contribution in [0.1, 0.15) is 34.3 Å². The maximum absolute atomic E-state index is 13.5. The Bertz CT molecular complexity index is 1160. The number of para-hydroxylation sites is 1. The molecule has 1 heterocycles. The van der Waals surface area contributed by atoms with Crippen molar-refractivity contribution in [2.24, 2.45) is 5.41 Å². The lowest BCUT2D eigenvalue weighted by Crippen LogP contribution is -2.38. The van der Waals surface area contributed by atoms with E-state index in [0.29, 0.717) is 18.5 Å². The zero-order valence-corrected chi connectivity index (χ0v) is 19.3. The molecule has 2 aliphatic rings. The average Bonchev–Trinajstić information content (AvgIpc) is 3.14. The van der Waals surface area contributed by atoms with Crippen LogP contribution >= 0.6 is 13.5 Å². The molecule has 3 aromatic carbocycles. The van der Waals surface area contributed by atoms with Crippen LogP contribution < -0.4 is 9.64 Å². The second kappa shape index (κ2) is 9.41. The van der Waals surface area contributed by atoms with Crippen molar-refractivity contribution < 1.29 is 19.4 Å². The number of rotatable bonds is 5. The first-order chi connectivity index (χ1) is 15.6. The number of ether oxygens (including phenoxy) is 1. The molecule has 0 aromatic heterocycles. The van der Waals surface area contributed by atoms with Gasteiger partial charge in [-0.05, 0) is 79.3 Å². The van der Waals surface area contributed by atoms with Gasteiger partial charge in [-0.25, -0.2) is 0 Å². The first-order valence-electron chi connectivity index (χ1n) is 11.0. The maximum Gasteiger partial charge on any atom is 0.233 e. The molecule has 33 heavy (non-hydrogen) atoms. The van der Waals surface area contributed by atoms with Crippen molar-refractivity contribution in [1.82, 2.24) is 0 Å². The summed E-state index contributed by atoms with van der Waals surface area (Å²) in [5, 5.41) is 9.18. The second-order valence-corrected chi connectivity index (χ2v) is 8.64. The quantitative estimate of drug-likeness (QED) is 0.561. The molecule has 1 spiro atoms. The molecule has 1 fully saturated rings. The monoisotopic (exact) mass is 461 g/mol. The van der Waals surface area contributed by atoms with Crippen LogP contribution in [0.5, 0.6) is 11.5 Å². The zero-order chi connectivity index (χ0) is 22.1. The number of amides is 1. The second-order valence-electron chi connectivity index (χ2n) is 8.64. The van der Waals surface area contributed by atoms with E-state index in [2.05, 4.69) is 0 Å². The van der Waals surface area contributed by atoms with Gasteiger partial charge in [-0.2, -0.15) is 13.5 Å². The highest BCUT2D eigenvalue weighted by Gasteiger charge is 2.48. The number of nitrogens with zero attached hydrogens (tertiary/aromatic N) is 1. The first-order valence-corrected chi connectivity index (χ1v) is 11.0. The minimum atomic E-state index is -0.499. The standard InChI is InChI=1S/C27H25NO4.H2S/c29-18-25(30)20-7-6-19-12-13-27(17-21(19)16-20)14-15-28(26(27)31)22-8-10-24(11-9-22)32-23-4-2-1-3-5-23;/h1-11,16,29H,12-15,17-18H2;1H2/t27-;/m1./s1. The van der Waals surface area contributed by atoms with Gasteiger partial charge in [0.05, 0.1) is 5.41 Å². The number of Topliss-reactive ketones (excluding diaryl/α,β-unsaturated/α-hetero) is 1. The molecule has 1 atom stereocenters. The fourth-order valence-corrected chi connectivity index (χ4v) is 4.91. The van der Waals surface area contributed by atoms with Gasteiger partial charge in [0, 0.05) is 17.8 Å². The minimum absolute atomic E-state index is 0. The van der Waals surface area contributed by atoms with E-state index in [4.69, 9.17) is 4.74 Å². The molecule has 0 unspecified atom stereocenters. The highest BCUT2D eigenvalue weighted by Crippen LogP contribution is 2.45. The summed E-state index contributed by atoms with van der Waals surface area (Å²) in [5.41, 5.74) is 3.21. The molecule has 0 bridgehead atoms. The number of anilines is 1. The molecule has 1 N–H and O–H groups in total. The molecule has 0 saturated carbocycles. The Morgan fingerprint density at radius 2 is 1.67 bits per heavy atom. The van der Waals surface area contributed by atoms with Crippen molar-refractivity contribution in [3.63, 3.8) is 0 Å². The number of carbonyl (C=O) groups is 2. The number of aryl methyl sites for hydroxylation is 1. The SMILES string of the molecule is O=C(CO)c1ccc2c(c1)C[C@@]1(CC2)CCN(c2ccc(Oc3ccccc3)cc2)C1=O.S. The number of fused-ring (bicyclic) bond motifs is 1. The van der Waals surface area contributed by atoms with Gasteiger partial charge in [0.2, 0.25) is 5.91 Å². The van der Waals surface area contributed by atoms with Crippen molar-refractivity contribution >= 4 is 30.9 Å². The Morgan fingerprint density at radius 1 is 0.939 bits per heavy atom. The molecule has 170 valence electrons. The predicted molar refractivity (Wildman–Crippen MR) is 133 cm³/mol. The summed E-state index contributed by atoms with van der Waals surface area (Å²) in [6.07, 6.45) is 3.08. The summed E-state index contributed by atoms with van der Waals surface area (Å²) < 4.78 is 5.86. The molecule has 0 radical (unpaired) electrons. The minimum Gasteiger partial charge on any atom is -0.457 e. The summed E-state index contributed by atoms with van der Waals surface area (Å²) in [7, 11) is 0. The Labute approximate surface area is 200 Å². The highest BCUT2D eigenvalue weighted by molar-refractivity contribution is 7.59. The van der Waals surface area contributed by atoms with E-state index in [9.17, 15) is 14.7 Å². The number of carbonyl (C=O) groups excluding carboxylic acids is 2. The van der Waals surface area contributed by atoms with Crippen molar-refractivity contribution in [3.8, 4) is 11.5 Å². The van der Waals surface area contributed by atoms with Crippen LogP contribution in [0.3, 0.4) is 0 Å². The maximum atomic E-state index is 13.5. The number of ketones is 1. The van der Waals surface area contributed by atoms with Crippen LogP contribution in [0, 0.1) is 5.41 Å². The molecular weight excluding hydrogens is 434 g/mol. The summed E-state index contributed by atoms with van der Waals surface area (Å²) in [6, 6.07) is 22.9. The largest absolute Gasteiger partial charge is 0.457 e. The topological polar surface area (TPSA) is 66.8 Å². The summed E-state index contributed by atoms with van der Waals surface area (Å²) in [6.45, 7) is 0.183. The zero-order valence-electron chi connectivity index (χ0n) is 18.3. The molecule has 3 aromatic rings. The van der Waals surface area contributed by atoms with Crippen LogP contribution in [0.4, 0.5) is 5.69 Å². The smallest absolute Gasteiger partial charge is 0.233 e. The van der Waals surface area contributed by atoms with Crippen molar-refractivity contribution in [2.45, 2.75) is 25.7 Å². The number of aliphatic hydroxyl groups excluding tert-OH is 1. The molecule has 5 nitrogen and oxygen atoms in total. The van der Waals surface area contributed by atoms with E-state index in [-0.39, 0.29) is 25.2 Å². The predicted octanol–water partition coefficient (Wildman–Crippen LogP) is 4.68. The summed E-state index contributed by atoms with van der Waals surface area (Å²) in [4.78, 5) is 27.3. The van der Waals surface area contributed by atoms with E-state index in [1.807, 2.05) is 71.6 Å². The molecule has 1 saturated heterocycles. The third kappa shape index (κ3) is 4.41. The molecule has 1 aliphatic heterocycles. The van der Waals surface area contributed by atoms with Crippen LogP contribution in [-0.4, -0.2) is 29.9 Å². The Morgan fingerprint density at radius 3 is 2.39 bits per heavy atom. The van der Waals surface area contributed by atoms with E-state index < -0.39 is 12.0 Å². The van der Waals surface area contributed by atoms with Crippen molar-refractivity contribution in [2.75, 3.05) is 18.1 Å². The van der Waals surface area contributed by atoms with E-state index in [1.54, 1.807) is 6.07 Å². The van der Waals surface area contributed by atoms with Gasteiger partial charge in [-0.15, -0.1) is 0 Å². The van der Waals surface area contributed by atoms with E-state index in [0.717, 1.165) is 42.0 Å². The highest BCUT2D eigenvalue weighted by atomic mass is 32.1. The third-order valence-corrected chi connectivity index (χ3v) is 6.71. The third-order valence-electron chi connectivity index (χ3n) is 6.71. The Kier molecular flexibility index (Phi) is 6.58. The van der Waals surface area contributed by atoms with Crippen LogP contribution in [0.25, 0.3) is 0 Å². The van der Waals surface area contributed by atoms with E-state index >= 15 is 0 Å². The average molecular weight is 462 g/mol. The van der Waals surface area contributed by atoms with Crippen LogP contribution in [0.2, 0.25) is 0 Å². The summed E-state index contributed by atoms with van der Waals surface area (Å²) >= 11 is 0. The summed E-state index contributed by atoms with van der Waals surface area (Å²) in [5.74, 6) is 1.37. The molecule has 6 heteroatoms. The van der Waals surface area contributed by atoms with Crippen LogP contribution in [-0.2, 0) is 17.6 Å². The number of hydrogen-bond donors (Lipinski definition) is 1. The number of aliphatic hydroxyl groups is 1. The lowest BCUT2D eigenvalue weighted by atomic mass is 9.70. The van der Waals surface area contributed by atoms with Gasteiger partial charge in [-0.3, -0.25) is 9.59 Å². The van der Waals surface area contributed by atoms with Gasteiger partial charge < -0.3 is 14.7 Å². The molecular formula is C27H27NO4S. The van der Waals surface area contributed by atoms with Gasteiger partial charge in [-0.1, -0.05) is 30.3 Å². The van der Waals surface area contributed by atoms with Crippen LogP contribution in [0.15, 0.2) is 72.8 Å². The Balaban J connectivity index is 0.00000259. The van der Waals surface area contributed by atoms with Gasteiger partial charge in [0.1, 0.15) is 18.1 Å². The van der Waals surface area contributed by atoms with Gasteiger partial charge in [0.15, 0.2) is 5.78 Å². The molecule has 1 amide bonds. The van der Waals surface area contributed by atoms with Gasteiger partial charge >= 0.3 is 0 Å². The van der Waals surface area contributed by atoms with Gasteiger partial charge in [0.25, 0.3) is 0 Å². The molecule has 1 aliphatic carbocycles. The number of benzene rings is 3. The number of hydrogen-bond acceptors (Lipinski definition) is 4. The lowest BCUT2D eigenvalue weighted by Gasteiger charge is -2.33. The Hall–Kier alpha value is -3.09.